The first-order chi connectivity index (χ1) is 8.42. The van der Waals surface area contributed by atoms with Crippen molar-refractivity contribution >= 4 is 17.4 Å². The zero-order chi connectivity index (χ0) is 11.9. The Morgan fingerprint density at radius 2 is 2.00 bits per heavy atom. The van der Waals surface area contributed by atoms with Gasteiger partial charge in [0.05, 0.1) is 0 Å². The number of fused-ring (bicyclic) bond motifs is 1. The van der Waals surface area contributed by atoms with E-state index in [1.165, 1.54) is 36.9 Å². The number of alkyl halides is 1. The lowest BCUT2D eigenvalue weighted by Gasteiger charge is -2.09. The van der Waals surface area contributed by atoms with Crippen molar-refractivity contribution in [2.24, 2.45) is 0 Å². The fourth-order valence-electron chi connectivity index (χ4n) is 2.29. The highest BCUT2D eigenvalue weighted by Crippen LogP contribution is 2.24. The van der Waals surface area contributed by atoms with Crippen LogP contribution in [0, 0.1) is 0 Å². The van der Waals surface area contributed by atoms with Gasteiger partial charge >= 0.3 is 0 Å². The van der Waals surface area contributed by atoms with Crippen molar-refractivity contribution < 1.29 is 0 Å². The highest BCUT2D eigenvalue weighted by Gasteiger charge is 2.16. The van der Waals surface area contributed by atoms with Crippen molar-refractivity contribution in [2.75, 3.05) is 17.7 Å². The number of aromatic nitrogens is 2. The molecule has 0 bridgehead atoms. The Balaban J connectivity index is 1.74. The third-order valence-corrected chi connectivity index (χ3v) is 3.50. The molecule has 0 saturated heterocycles. The number of aryl methyl sites for hydroxylation is 1. The Labute approximate surface area is 108 Å². The van der Waals surface area contributed by atoms with Crippen molar-refractivity contribution in [2.45, 2.75) is 44.9 Å². The summed E-state index contributed by atoms with van der Waals surface area (Å²) >= 11 is 5.64. The van der Waals surface area contributed by atoms with Gasteiger partial charge in [-0.05, 0) is 32.1 Å². The Hall–Kier alpha value is -0.830. The van der Waals surface area contributed by atoms with E-state index in [4.69, 9.17) is 11.6 Å². The van der Waals surface area contributed by atoms with Crippen molar-refractivity contribution in [3.8, 4) is 0 Å². The molecular weight excluding hydrogens is 234 g/mol. The number of hydrogen-bond acceptors (Lipinski definition) is 3. The van der Waals surface area contributed by atoms with E-state index in [1.54, 1.807) is 6.33 Å². The zero-order valence-corrected chi connectivity index (χ0v) is 11.0. The maximum Gasteiger partial charge on any atom is 0.132 e. The first-order valence-electron chi connectivity index (χ1n) is 6.54. The number of nitrogens with zero attached hydrogens (tertiary/aromatic N) is 2. The summed E-state index contributed by atoms with van der Waals surface area (Å²) in [4.78, 5) is 8.66. The van der Waals surface area contributed by atoms with E-state index in [9.17, 15) is 0 Å². The van der Waals surface area contributed by atoms with Gasteiger partial charge in [0.25, 0.3) is 0 Å². The smallest absolute Gasteiger partial charge is 0.132 e. The monoisotopic (exact) mass is 253 g/mol. The van der Waals surface area contributed by atoms with Crippen LogP contribution in [0.15, 0.2) is 6.33 Å². The lowest BCUT2D eigenvalue weighted by Crippen LogP contribution is -2.07. The van der Waals surface area contributed by atoms with E-state index in [1.807, 2.05) is 0 Å². The maximum absolute atomic E-state index is 5.64. The van der Waals surface area contributed by atoms with Gasteiger partial charge in [-0.25, -0.2) is 9.97 Å². The Morgan fingerprint density at radius 1 is 1.12 bits per heavy atom. The molecule has 0 aromatic carbocycles. The van der Waals surface area contributed by atoms with Gasteiger partial charge in [-0.3, -0.25) is 0 Å². The fourth-order valence-corrected chi connectivity index (χ4v) is 2.48. The van der Waals surface area contributed by atoms with Crippen LogP contribution >= 0.6 is 11.6 Å². The lowest BCUT2D eigenvalue weighted by atomic mass is 10.2. The van der Waals surface area contributed by atoms with E-state index in [0.717, 1.165) is 37.5 Å². The molecule has 1 N–H and O–H groups in total. The molecule has 0 fully saturated rings. The first-order valence-corrected chi connectivity index (χ1v) is 7.08. The van der Waals surface area contributed by atoms with Gasteiger partial charge in [0, 0.05) is 23.7 Å². The molecular formula is C13H20ClN3. The number of hydrogen-bond donors (Lipinski definition) is 1. The van der Waals surface area contributed by atoms with Crippen LogP contribution < -0.4 is 5.32 Å². The van der Waals surface area contributed by atoms with Crippen LogP contribution in [-0.2, 0) is 12.8 Å². The number of halogens is 1. The van der Waals surface area contributed by atoms with Crippen LogP contribution in [0.3, 0.4) is 0 Å². The second kappa shape index (κ2) is 6.80. The highest BCUT2D eigenvalue weighted by molar-refractivity contribution is 6.17. The molecule has 4 heteroatoms. The van der Waals surface area contributed by atoms with Crippen molar-refractivity contribution in [1.82, 2.24) is 9.97 Å². The number of nitrogens with one attached hydrogen (secondary N) is 1. The Kier molecular flexibility index (Phi) is 5.05. The summed E-state index contributed by atoms with van der Waals surface area (Å²) in [6, 6.07) is 0. The molecule has 1 aliphatic rings. The second-order valence-corrected chi connectivity index (χ2v) is 4.91. The quantitative estimate of drug-likeness (QED) is 0.599. The van der Waals surface area contributed by atoms with Crippen LogP contribution in [0.2, 0.25) is 0 Å². The maximum atomic E-state index is 5.64. The molecule has 2 rings (SSSR count). The summed E-state index contributed by atoms with van der Waals surface area (Å²) in [5.74, 6) is 1.84. The molecule has 1 aromatic rings. The molecule has 0 atom stereocenters. The van der Waals surface area contributed by atoms with E-state index < -0.39 is 0 Å². The number of anilines is 1. The fraction of sp³-hybridized carbons (Fsp3) is 0.692. The topological polar surface area (TPSA) is 37.8 Å². The number of unbranched alkanes of at least 4 members (excludes halogenated alkanes) is 3. The van der Waals surface area contributed by atoms with Gasteiger partial charge in [-0.1, -0.05) is 12.8 Å². The van der Waals surface area contributed by atoms with Crippen LogP contribution in [0.5, 0.6) is 0 Å². The molecule has 0 saturated carbocycles. The van der Waals surface area contributed by atoms with E-state index in [2.05, 4.69) is 15.3 Å². The third-order valence-electron chi connectivity index (χ3n) is 3.23. The SMILES string of the molecule is ClCCCCCCNc1ncnc2c1CCC2. The van der Waals surface area contributed by atoms with Gasteiger partial charge in [-0.15, -0.1) is 11.6 Å². The van der Waals surface area contributed by atoms with Gasteiger partial charge in [0.15, 0.2) is 0 Å². The van der Waals surface area contributed by atoms with E-state index >= 15 is 0 Å². The van der Waals surface area contributed by atoms with Crippen LogP contribution in [0.1, 0.15) is 43.4 Å². The predicted octanol–water partition coefficient (Wildman–Crippen LogP) is 3.18. The third kappa shape index (κ3) is 3.56. The Morgan fingerprint density at radius 3 is 2.88 bits per heavy atom. The van der Waals surface area contributed by atoms with E-state index in [0.29, 0.717) is 0 Å². The molecule has 17 heavy (non-hydrogen) atoms. The summed E-state index contributed by atoms with van der Waals surface area (Å²) in [6.45, 7) is 1.01. The van der Waals surface area contributed by atoms with E-state index in [-0.39, 0.29) is 0 Å². The zero-order valence-electron chi connectivity index (χ0n) is 10.2. The summed E-state index contributed by atoms with van der Waals surface area (Å²) in [7, 11) is 0. The van der Waals surface area contributed by atoms with Crippen LogP contribution in [0.4, 0.5) is 5.82 Å². The summed E-state index contributed by atoms with van der Waals surface area (Å²) in [5, 5.41) is 3.44. The molecule has 0 aliphatic heterocycles. The normalized spacial score (nSPS) is 13.7. The minimum absolute atomic E-state index is 0.785. The summed E-state index contributed by atoms with van der Waals surface area (Å²) < 4.78 is 0. The minimum atomic E-state index is 0.785. The highest BCUT2D eigenvalue weighted by atomic mass is 35.5. The van der Waals surface area contributed by atoms with Gasteiger partial charge in [-0.2, -0.15) is 0 Å². The standard InChI is InChI=1S/C13H20ClN3/c14-8-3-1-2-4-9-15-13-11-6-5-7-12(11)16-10-17-13/h10H,1-9H2,(H,15,16,17). The average Bonchev–Trinajstić information content (AvgIpc) is 2.82. The first kappa shape index (κ1) is 12.6. The molecule has 1 aromatic heterocycles. The van der Waals surface area contributed by atoms with Crippen LogP contribution in [-0.4, -0.2) is 22.4 Å². The molecule has 94 valence electrons. The predicted molar refractivity (Wildman–Crippen MR) is 71.7 cm³/mol. The second-order valence-electron chi connectivity index (χ2n) is 4.53. The van der Waals surface area contributed by atoms with Crippen molar-refractivity contribution in [3.05, 3.63) is 17.6 Å². The Bertz CT molecular complexity index is 355. The molecule has 1 heterocycles. The molecule has 0 amide bonds. The summed E-state index contributed by atoms with van der Waals surface area (Å²) in [6.07, 6.45) is 9.94. The molecule has 1 aliphatic carbocycles. The van der Waals surface area contributed by atoms with Crippen molar-refractivity contribution in [3.63, 3.8) is 0 Å². The molecule has 0 spiro atoms. The average molecular weight is 254 g/mol. The number of rotatable bonds is 7. The molecule has 0 radical (unpaired) electrons. The van der Waals surface area contributed by atoms with Gasteiger partial charge in [0.2, 0.25) is 0 Å². The van der Waals surface area contributed by atoms with Gasteiger partial charge < -0.3 is 5.32 Å². The largest absolute Gasteiger partial charge is 0.370 e. The minimum Gasteiger partial charge on any atom is -0.370 e. The van der Waals surface area contributed by atoms with Gasteiger partial charge in [0.1, 0.15) is 12.1 Å². The van der Waals surface area contributed by atoms with Crippen LogP contribution in [0.25, 0.3) is 0 Å². The van der Waals surface area contributed by atoms with Crippen molar-refractivity contribution in [1.29, 1.82) is 0 Å². The molecule has 3 nitrogen and oxygen atoms in total. The molecule has 0 unspecified atom stereocenters. The summed E-state index contributed by atoms with van der Waals surface area (Å²) in [5.41, 5.74) is 2.58. The lowest BCUT2D eigenvalue weighted by molar-refractivity contribution is 0.686.